The number of sulfonamides is 1. The summed E-state index contributed by atoms with van der Waals surface area (Å²) in [6, 6.07) is 1.97. The molecule has 1 aromatic heterocycles. The zero-order chi connectivity index (χ0) is 15.6. The SMILES string of the molecule is CCCS(=O)(=O)N1C[C@H]2CN(Cc3ccoc3)CCO[C@H]2C1. The molecule has 0 bridgehead atoms. The van der Waals surface area contributed by atoms with E-state index in [9.17, 15) is 8.42 Å². The number of hydrogen-bond donors (Lipinski definition) is 0. The fourth-order valence-corrected chi connectivity index (χ4v) is 4.89. The second-order valence-corrected chi connectivity index (χ2v) is 8.26. The molecule has 124 valence electrons. The van der Waals surface area contributed by atoms with Crippen LogP contribution in [0.3, 0.4) is 0 Å². The highest BCUT2D eigenvalue weighted by Gasteiger charge is 2.40. The number of furan rings is 1. The monoisotopic (exact) mass is 328 g/mol. The highest BCUT2D eigenvalue weighted by atomic mass is 32.2. The Hall–Kier alpha value is -0.890. The van der Waals surface area contributed by atoms with Crippen LogP contribution in [0.15, 0.2) is 23.0 Å². The van der Waals surface area contributed by atoms with Crippen molar-refractivity contribution in [1.29, 1.82) is 0 Å². The van der Waals surface area contributed by atoms with E-state index in [4.69, 9.17) is 9.15 Å². The van der Waals surface area contributed by atoms with Gasteiger partial charge in [0.1, 0.15) is 0 Å². The number of ether oxygens (including phenoxy) is 1. The maximum atomic E-state index is 12.2. The second-order valence-electron chi connectivity index (χ2n) is 6.17. The molecule has 0 aliphatic carbocycles. The Morgan fingerprint density at radius 2 is 2.18 bits per heavy atom. The molecular weight excluding hydrogens is 304 g/mol. The van der Waals surface area contributed by atoms with Gasteiger partial charge in [-0.2, -0.15) is 4.31 Å². The zero-order valence-electron chi connectivity index (χ0n) is 13.0. The Kier molecular flexibility index (Phi) is 4.87. The second kappa shape index (κ2) is 6.70. The van der Waals surface area contributed by atoms with Gasteiger partial charge < -0.3 is 9.15 Å². The Morgan fingerprint density at radius 3 is 2.91 bits per heavy atom. The lowest BCUT2D eigenvalue weighted by Gasteiger charge is -2.22. The van der Waals surface area contributed by atoms with Crippen LogP contribution in [0.2, 0.25) is 0 Å². The molecule has 7 heteroatoms. The molecule has 2 atom stereocenters. The molecule has 2 aliphatic heterocycles. The van der Waals surface area contributed by atoms with E-state index in [0.29, 0.717) is 26.1 Å². The first kappa shape index (κ1) is 16.0. The molecule has 2 aliphatic rings. The lowest BCUT2D eigenvalue weighted by Crippen LogP contribution is -2.34. The minimum Gasteiger partial charge on any atom is -0.472 e. The van der Waals surface area contributed by atoms with Crippen LogP contribution in [0.5, 0.6) is 0 Å². The van der Waals surface area contributed by atoms with E-state index in [1.807, 2.05) is 13.0 Å². The van der Waals surface area contributed by atoms with Crippen LogP contribution in [0.25, 0.3) is 0 Å². The van der Waals surface area contributed by atoms with Gasteiger partial charge >= 0.3 is 0 Å². The molecule has 0 N–H and O–H groups in total. The summed E-state index contributed by atoms with van der Waals surface area (Å²) in [5, 5.41) is 0. The van der Waals surface area contributed by atoms with Crippen LogP contribution in [0, 0.1) is 5.92 Å². The smallest absolute Gasteiger partial charge is 0.214 e. The van der Waals surface area contributed by atoms with Gasteiger partial charge in [0.25, 0.3) is 0 Å². The van der Waals surface area contributed by atoms with Crippen molar-refractivity contribution in [2.75, 3.05) is 38.5 Å². The predicted octanol–water partition coefficient (Wildman–Crippen LogP) is 1.15. The Bertz CT molecular complexity index is 572. The van der Waals surface area contributed by atoms with Gasteiger partial charge in [-0.3, -0.25) is 4.90 Å². The van der Waals surface area contributed by atoms with Gasteiger partial charge in [-0.15, -0.1) is 0 Å². The number of fused-ring (bicyclic) bond motifs is 1. The van der Waals surface area contributed by atoms with Crippen LogP contribution in [0.4, 0.5) is 0 Å². The summed E-state index contributed by atoms with van der Waals surface area (Å²) in [7, 11) is -3.13. The van der Waals surface area contributed by atoms with E-state index < -0.39 is 10.0 Å². The van der Waals surface area contributed by atoms with Crippen LogP contribution in [-0.2, 0) is 21.3 Å². The van der Waals surface area contributed by atoms with Crippen molar-refractivity contribution in [1.82, 2.24) is 9.21 Å². The van der Waals surface area contributed by atoms with Gasteiger partial charge in [-0.05, 0) is 12.5 Å². The van der Waals surface area contributed by atoms with Crippen molar-refractivity contribution < 1.29 is 17.6 Å². The number of nitrogens with zero attached hydrogens (tertiary/aromatic N) is 2. The van der Waals surface area contributed by atoms with Gasteiger partial charge in [-0.1, -0.05) is 6.92 Å². The normalized spacial score (nSPS) is 27.7. The molecule has 0 radical (unpaired) electrons. The molecule has 2 saturated heterocycles. The molecule has 0 amide bonds. The Balaban J connectivity index is 1.64. The summed E-state index contributed by atoms with van der Waals surface area (Å²) >= 11 is 0. The first-order valence-electron chi connectivity index (χ1n) is 7.91. The van der Waals surface area contributed by atoms with E-state index in [1.165, 1.54) is 0 Å². The first-order valence-corrected chi connectivity index (χ1v) is 9.52. The van der Waals surface area contributed by atoms with E-state index in [-0.39, 0.29) is 17.8 Å². The minimum absolute atomic E-state index is 0.0287. The molecule has 0 saturated carbocycles. The minimum atomic E-state index is -3.13. The maximum absolute atomic E-state index is 12.2. The molecule has 3 rings (SSSR count). The van der Waals surface area contributed by atoms with Crippen molar-refractivity contribution in [3.05, 3.63) is 24.2 Å². The standard InChI is InChI=1S/C15H24N2O4S/c1-2-7-22(18,19)17-10-14-9-16(4-6-21-15(14)11-17)8-13-3-5-20-12-13/h3,5,12,14-15H,2,4,6-11H2,1H3/t14-,15+/m1/s1. The zero-order valence-corrected chi connectivity index (χ0v) is 13.8. The lowest BCUT2D eigenvalue weighted by molar-refractivity contribution is 0.0546. The summed E-state index contributed by atoms with van der Waals surface area (Å²) in [5.74, 6) is 0.478. The summed E-state index contributed by atoms with van der Waals surface area (Å²) in [5.41, 5.74) is 1.15. The van der Waals surface area contributed by atoms with Gasteiger partial charge in [-0.25, -0.2) is 8.42 Å². The van der Waals surface area contributed by atoms with E-state index in [1.54, 1.807) is 16.8 Å². The van der Waals surface area contributed by atoms with E-state index in [2.05, 4.69) is 4.90 Å². The number of rotatable bonds is 5. The van der Waals surface area contributed by atoms with Crippen LogP contribution >= 0.6 is 0 Å². The molecular formula is C15H24N2O4S. The van der Waals surface area contributed by atoms with Crippen molar-refractivity contribution >= 4 is 10.0 Å². The topological polar surface area (TPSA) is 63.0 Å². The molecule has 0 aromatic carbocycles. The molecule has 22 heavy (non-hydrogen) atoms. The lowest BCUT2D eigenvalue weighted by atomic mass is 10.1. The predicted molar refractivity (Wildman–Crippen MR) is 82.9 cm³/mol. The van der Waals surface area contributed by atoms with Gasteiger partial charge in [0.2, 0.25) is 10.0 Å². The van der Waals surface area contributed by atoms with E-state index in [0.717, 1.165) is 25.2 Å². The van der Waals surface area contributed by atoms with Crippen molar-refractivity contribution in [2.45, 2.75) is 26.0 Å². The molecule has 0 unspecified atom stereocenters. The largest absolute Gasteiger partial charge is 0.472 e. The third-order valence-corrected chi connectivity index (χ3v) is 6.43. The van der Waals surface area contributed by atoms with Crippen molar-refractivity contribution in [3.8, 4) is 0 Å². The van der Waals surface area contributed by atoms with Crippen LogP contribution in [-0.4, -0.2) is 62.3 Å². The molecule has 1 aromatic rings. The fraction of sp³-hybridized carbons (Fsp3) is 0.733. The highest BCUT2D eigenvalue weighted by molar-refractivity contribution is 7.89. The molecule has 3 heterocycles. The summed E-state index contributed by atoms with van der Waals surface area (Å²) in [6.45, 7) is 6.20. The number of hydrogen-bond acceptors (Lipinski definition) is 5. The Morgan fingerprint density at radius 1 is 1.32 bits per heavy atom. The average Bonchev–Trinajstić information content (AvgIpc) is 3.06. The average molecular weight is 328 g/mol. The molecule has 2 fully saturated rings. The van der Waals surface area contributed by atoms with Crippen molar-refractivity contribution in [2.24, 2.45) is 5.92 Å². The summed E-state index contributed by atoms with van der Waals surface area (Å²) in [4.78, 5) is 2.32. The Labute approximate surface area is 132 Å². The van der Waals surface area contributed by atoms with Crippen LogP contribution in [0.1, 0.15) is 18.9 Å². The molecule has 0 spiro atoms. The van der Waals surface area contributed by atoms with Gasteiger partial charge in [0.05, 0.1) is 31.0 Å². The van der Waals surface area contributed by atoms with Gasteiger partial charge in [0.15, 0.2) is 0 Å². The van der Waals surface area contributed by atoms with Crippen LogP contribution < -0.4 is 0 Å². The van der Waals surface area contributed by atoms with E-state index >= 15 is 0 Å². The summed E-state index contributed by atoms with van der Waals surface area (Å²) < 4.78 is 37.1. The maximum Gasteiger partial charge on any atom is 0.214 e. The van der Waals surface area contributed by atoms with Gasteiger partial charge in [0, 0.05) is 44.2 Å². The fourth-order valence-electron chi connectivity index (χ4n) is 3.32. The summed E-state index contributed by atoms with van der Waals surface area (Å²) in [6.07, 6.45) is 4.12. The third-order valence-electron chi connectivity index (χ3n) is 4.42. The van der Waals surface area contributed by atoms with Crippen molar-refractivity contribution in [3.63, 3.8) is 0 Å². The first-order chi connectivity index (χ1) is 10.6. The highest BCUT2D eigenvalue weighted by Crippen LogP contribution is 2.26. The molecule has 6 nitrogen and oxygen atoms in total. The quantitative estimate of drug-likeness (QED) is 0.811. The third kappa shape index (κ3) is 3.53.